The molecule has 87 heavy (non-hydrogen) atoms. The molecule has 3 atom stereocenters. The Bertz CT molecular complexity index is 1530. The van der Waals surface area contributed by atoms with Crippen molar-refractivity contribution in [3.05, 3.63) is 24.3 Å². The molecule has 1 amide bonds. The highest BCUT2D eigenvalue weighted by Gasteiger charge is 2.30. The average Bonchev–Trinajstić information content (AvgIpc) is 3.70. The summed E-state index contributed by atoms with van der Waals surface area (Å²) in [4.78, 5) is 38.0. The second-order valence-corrected chi connectivity index (χ2v) is 29.3. The van der Waals surface area contributed by atoms with E-state index in [4.69, 9.17) is 13.8 Å². The summed E-state index contributed by atoms with van der Waals surface area (Å²) in [6.07, 6.45) is 83.6. The number of rotatable bonds is 72. The number of carbonyl (C=O) groups is 2. The lowest BCUT2D eigenvalue weighted by atomic mass is 10.0. The van der Waals surface area contributed by atoms with Crippen molar-refractivity contribution in [2.24, 2.45) is 0 Å². The van der Waals surface area contributed by atoms with E-state index < -0.39 is 20.0 Å². The highest BCUT2D eigenvalue weighted by atomic mass is 31.2. The predicted octanol–water partition coefficient (Wildman–Crippen LogP) is 24.8. The zero-order chi connectivity index (χ0) is 63.5. The van der Waals surface area contributed by atoms with Gasteiger partial charge in [-0.25, -0.2) is 4.57 Å². The molecule has 9 nitrogen and oxygen atoms in total. The molecule has 0 spiro atoms. The second kappa shape index (κ2) is 67.4. The third-order valence-electron chi connectivity index (χ3n) is 17.9. The number of unbranched alkanes of at least 4 members (excludes halogenated alkanes) is 54. The van der Waals surface area contributed by atoms with Gasteiger partial charge in [0.1, 0.15) is 19.3 Å². The first kappa shape index (κ1) is 85.5. The first-order chi connectivity index (χ1) is 42.4. The van der Waals surface area contributed by atoms with Gasteiger partial charge in [0, 0.05) is 12.8 Å². The molecule has 0 aromatic carbocycles. The first-order valence-corrected chi connectivity index (χ1v) is 40.2. The number of phosphoric acid groups is 1. The smallest absolute Gasteiger partial charge is 0.456 e. The molecule has 0 aliphatic heterocycles. The number of likely N-dealkylation sites (N-methyl/N-ethyl adjacent to an activating group) is 1. The molecule has 10 heteroatoms. The normalized spacial score (nSPS) is 13.5. The third kappa shape index (κ3) is 68.7. The standard InChI is InChI=1S/C77H151N2O7P/c1-7-10-13-16-19-22-25-27-29-31-33-35-37-38-39-40-42-44-46-48-50-52-55-58-61-64-67-70-77(81)86-75(68-65-62-59-56-53-24-21-18-15-12-9-3)74(73-85-87(82,83)84-72-71-79(4,5)6)78-76(80)69-66-63-60-57-54-51-49-47-45-43-41-36-34-32-30-28-26-23-20-17-14-11-8-2/h27,29,65,68,74-75H,7-26,28,30-64,66-67,69-73H2,1-6H3,(H-,78,80,82,83)/p+1/b29-27+,68-65+. The third-order valence-corrected chi connectivity index (χ3v) is 18.9. The number of ether oxygens (including phenoxy) is 1. The molecule has 0 aromatic heterocycles. The molecule has 3 unspecified atom stereocenters. The molecule has 2 N–H and O–H groups in total. The summed E-state index contributed by atoms with van der Waals surface area (Å²) < 4.78 is 30.9. The van der Waals surface area contributed by atoms with E-state index in [1.54, 1.807) is 0 Å². The summed E-state index contributed by atoms with van der Waals surface area (Å²) in [7, 11) is 1.52. The van der Waals surface area contributed by atoms with Gasteiger partial charge in [-0.15, -0.1) is 0 Å². The number of hydrogen-bond acceptors (Lipinski definition) is 6. The Morgan fingerprint density at radius 3 is 0.977 bits per heavy atom. The van der Waals surface area contributed by atoms with Gasteiger partial charge in [0.05, 0.1) is 33.8 Å². The van der Waals surface area contributed by atoms with Gasteiger partial charge < -0.3 is 19.4 Å². The fourth-order valence-electron chi connectivity index (χ4n) is 11.9. The fourth-order valence-corrected chi connectivity index (χ4v) is 12.7. The number of hydrogen-bond donors (Lipinski definition) is 2. The topological polar surface area (TPSA) is 111 Å². The molecule has 0 aliphatic rings. The number of esters is 1. The van der Waals surface area contributed by atoms with Gasteiger partial charge in [0.2, 0.25) is 5.91 Å². The van der Waals surface area contributed by atoms with Crippen LogP contribution in [0.5, 0.6) is 0 Å². The average molecular weight is 1250 g/mol. The Morgan fingerprint density at radius 1 is 0.391 bits per heavy atom. The van der Waals surface area contributed by atoms with Crippen molar-refractivity contribution in [2.45, 2.75) is 418 Å². The van der Waals surface area contributed by atoms with E-state index in [2.05, 4.69) is 44.3 Å². The number of nitrogens with one attached hydrogen (secondary N) is 1. The van der Waals surface area contributed by atoms with Crippen LogP contribution < -0.4 is 5.32 Å². The number of amides is 1. The number of carbonyl (C=O) groups excluding carboxylic acids is 2. The molecule has 0 saturated heterocycles. The number of allylic oxidation sites excluding steroid dienone is 3. The van der Waals surface area contributed by atoms with Gasteiger partial charge in [0.25, 0.3) is 0 Å². The molecule has 516 valence electrons. The van der Waals surface area contributed by atoms with Crippen molar-refractivity contribution < 1.29 is 37.3 Å². The number of nitrogens with zero attached hydrogens (tertiary/aromatic N) is 1. The van der Waals surface area contributed by atoms with E-state index in [1.165, 1.54) is 315 Å². The van der Waals surface area contributed by atoms with Gasteiger partial charge in [-0.3, -0.25) is 18.6 Å². The molecule has 0 radical (unpaired) electrons. The highest BCUT2D eigenvalue weighted by molar-refractivity contribution is 7.47. The Hall–Kier alpha value is -1.51. The molecule has 0 aliphatic carbocycles. The summed E-state index contributed by atoms with van der Waals surface area (Å²) in [5.41, 5.74) is 0. The van der Waals surface area contributed by atoms with Crippen LogP contribution in [0.1, 0.15) is 406 Å². The van der Waals surface area contributed by atoms with Crippen molar-refractivity contribution in [2.75, 3.05) is 40.9 Å². The summed E-state index contributed by atoms with van der Waals surface area (Å²) in [5, 5.41) is 3.08. The van der Waals surface area contributed by atoms with Crippen LogP contribution in [0, 0.1) is 0 Å². The predicted molar refractivity (Wildman–Crippen MR) is 379 cm³/mol. The van der Waals surface area contributed by atoms with Crippen LogP contribution in [0.2, 0.25) is 0 Å². The maximum Gasteiger partial charge on any atom is 0.472 e. The van der Waals surface area contributed by atoms with Crippen LogP contribution in [0.3, 0.4) is 0 Å². The molecule has 0 rings (SSSR count). The van der Waals surface area contributed by atoms with Crippen LogP contribution >= 0.6 is 7.82 Å². The van der Waals surface area contributed by atoms with Crippen LogP contribution in [-0.2, 0) is 27.9 Å². The largest absolute Gasteiger partial charge is 0.472 e. The number of phosphoric ester groups is 1. The van der Waals surface area contributed by atoms with E-state index >= 15 is 0 Å². The Morgan fingerprint density at radius 2 is 0.667 bits per heavy atom. The monoisotopic (exact) mass is 1250 g/mol. The van der Waals surface area contributed by atoms with Crippen molar-refractivity contribution in [3.63, 3.8) is 0 Å². The highest BCUT2D eigenvalue weighted by Crippen LogP contribution is 2.43. The molecular formula is C77H152N2O7P+. The van der Waals surface area contributed by atoms with Gasteiger partial charge in [-0.2, -0.15) is 0 Å². The van der Waals surface area contributed by atoms with Crippen molar-refractivity contribution >= 4 is 19.7 Å². The molecule has 0 bridgehead atoms. The van der Waals surface area contributed by atoms with Gasteiger partial charge >= 0.3 is 13.8 Å². The minimum absolute atomic E-state index is 0.0450. The van der Waals surface area contributed by atoms with Crippen LogP contribution in [-0.4, -0.2) is 74.3 Å². The van der Waals surface area contributed by atoms with E-state index in [9.17, 15) is 19.0 Å². The van der Waals surface area contributed by atoms with Gasteiger partial charge in [0.15, 0.2) is 0 Å². The van der Waals surface area contributed by atoms with Gasteiger partial charge in [-0.05, 0) is 57.4 Å². The second-order valence-electron chi connectivity index (χ2n) is 27.9. The molecular weight excluding hydrogens is 1100 g/mol. The van der Waals surface area contributed by atoms with Crippen LogP contribution in [0.4, 0.5) is 0 Å². The molecule has 0 aromatic rings. The van der Waals surface area contributed by atoms with E-state index in [0.29, 0.717) is 23.9 Å². The summed E-state index contributed by atoms with van der Waals surface area (Å²) in [6, 6.07) is -0.843. The maximum absolute atomic E-state index is 13.6. The van der Waals surface area contributed by atoms with Crippen LogP contribution in [0.25, 0.3) is 0 Å². The number of quaternary nitrogens is 1. The first-order valence-electron chi connectivity index (χ1n) is 38.7. The lowest BCUT2D eigenvalue weighted by Gasteiger charge is -2.27. The van der Waals surface area contributed by atoms with E-state index in [0.717, 1.165) is 57.8 Å². The zero-order valence-electron chi connectivity index (χ0n) is 59.3. The summed E-state index contributed by atoms with van der Waals surface area (Å²) in [6.45, 7) is 7.09. The Labute approximate surface area is 543 Å². The lowest BCUT2D eigenvalue weighted by molar-refractivity contribution is -0.870. The zero-order valence-corrected chi connectivity index (χ0v) is 60.2. The fraction of sp³-hybridized carbons (Fsp3) is 0.922. The Balaban J connectivity index is 4.87. The molecule has 0 fully saturated rings. The minimum Gasteiger partial charge on any atom is -0.456 e. The summed E-state index contributed by atoms with van der Waals surface area (Å²) >= 11 is 0. The quantitative estimate of drug-likeness (QED) is 0.0205. The Kier molecular flexibility index (Phi) is 66.2. The molecule has 0 saturated carbocycles. The lowest BCUT2D eigenvalue weighted by Crippen LogP contribution is -2.47. The van der Waals surface area contributed by atoms with E-state index in [1.807, 2.05) is 27.2 Å². The molecule has 0 heterocycles. The van der Waals surface area contributed by atoms with E-state index in [-0.39, 0.29) is 25.1 Å². The van der Waals surface area contributed by atoms with Gasteiger partial charge in [-0.1, -0.05) is 360 Å². The van der Waals surface area contributed by atoms with Crippen molar-refractivity contribution in [3.8, 4) is 0 Å². The SMILES string of the molecule is CCCCCCCC/C=C/CCCCCCCCCCCCCCCCCCCC(=O)OC(/C=C/CCCCCCCCCCC)C(COP(=O)(O)OCC[N+](C)(C)C)NC(=O)CCCCCCCCCCCCCCCCCCCCCCCCC. The van der Waals surface area contributed by atoms with Crippen LogP contribution in [0.15, 0.2) is 24.3 Å². The minimum atomic E-state index is -4.45. The maximum atomic E-state index is 13.6. The van der Waals surface area contributed by atoms with Crippen molar-refractivity contribution in [1.82, 2.24) is 5.32 Å². The summed E-state index contributed by atoms with van der Waals surface area (Å²) in [5.74, 6) is -0.478. The van der Waals surface area contributed by atoms with Crippen molar-refractivity contribution in [1.29, 1.82) is 0 Å².